The van der Waals surface area contributed by atoms with Gasteiger partial charge in [0.05, 0.1) is 5.16 Å². The molecule has 0 spiro atoms. The van der Waals surface area contributed by atoms with Crippen molar-refractivity contribution in [3.05, 3.63) is 64.5 Å². The maximum atomic E-state index is 13.9. The summed E-state index contributed by atoms with van der Waals surface area (Å²) in [7, 11) is 0. The molecule has 0 unspecified atom stereocenters. The Morgan fingerprint density at radius 3 is 2.33 bits per heavy atom. The van der Waals surface area contributed by atoms with Crippen molar-refractivity contribution in [2.45, 2.75) is 20.3 Å². The second-order valence-electron chi connectivity index (χ2n) is 4.63. The van der Waals surface area contributed by atoms with Crippen LogP contribution in [0.15, 0.2) is 41.4 Å². The Hall–Kier alpha value is -2.27. The van der Waals surface area contributed by atoms with Gasteiger partial charge in [0.15, 0.2) is 5.82 Å². The zero-order chi connectivity index (χ0) is 15.2. The third-order valence-corrected chi connectivity index (χ3v) is 3.22. The molecule has 1 nitrogen and oxygen atoms in total. The largest absolute Gasteiger partial charge is 0.205 e. The zero-order valence-electron chi connectivity index (χ0n) is 11.9. The third kappa shape index (κ3) is 3.86. The van der Waals surface area contributed by atoms with Crippen molar-refractivity contribution >= 4 is 23.1 Å². The van der Waals surface area contributed by atoms with Crippen LogP contribution in [-0.4, -0.2) is 5.16 Å². The van der Waals surface area contributed by atoms with Crippen LogP contribution in [0.3, 0.4) is 0 Å². The van der Waals surface area contributed by atoms with Crippen molar-refractivity contribution in [1.29, 1.82) is 0 Å². The van der Waals surface area contributed by atoms with Gasteiger partial charge in [0.25, 0.3) is 0 Å². The summed E-state index contributed by atoms with van der Waals surface area (Å²) in [6.45, 7) is 3.88. The van der Waals surface area contributed by atoms with Crippen LogP contribution in [0.1, 0.15) is 29.2 Å². The molecule has 0 radical (unpaired) electrons. The molecule has 0 aromatic heterocycles. The number of aryl methyl sites for hydroxylation is 2. The molecule has 0 aliphatic rings. The van der Waals surface area contributed by atoms with Gasteiger partial charge in [-0.2, -0.15) is 4.99 Å². The fourth-order valence-electron chi connectivity index (χ4n) is 1.96. The average Bonchev–Trinajstić information content (AvgIpc) is 2.49. The summed E-state index contributed by atoms with van der Waals surface area (Å²) >= 11 is 4.51. The van der Waals surface area contributed by atoms with Gasteiger partial charge in [-0.3, -0.25) is 0 Å². The summed E-state index contributed by atoms with van der Waals surface area (Å²) in [5.41, 5.74) is 3.71. The van der Waals surface area contributed by atoms with E-state index in [1.54, 1.807) is 13.0 Å². The monoisotopic (exact) mass is 295 g/mol. The minimum atomic E-state index is -0.432. The highest BCUT2D eigenvalue weighted by Gasteiger charge is 2.05. The number of aliphatic imine (C=N–C) groups is 1. The molecule has 2 aromatic carbocycles. The van der Waals surface area contributed by atoms with Crippen LogP contribution in [-0.2, 0) is 6.42 Å². The zero-order valence-corrected chi connectivity index (χ0v) is 12.7. The van der Waals surface area contributed by atoms with E-state index in [4.69, 9.17) is 0 Å². The number of thiocarbonyl (C=S) groups is 1. The number of hydrogen-bond donors (Lipinski definition) is 0. The van der Waals surface area contributed by atoms with Crippen LogP contribution in [0.5, 0.6) is 0 Å². The molecule has 2 aromatic rings. The molecule has 2 rings (SSSR count). The standard InChI is InChI=1S/C18H14FNS/c1-3-14-4-6-15(7-5-14)8-9-16-10-13(2)18(20-12-21)17(19)11-16/h4-7,10-11H,3H2,1-2H3. The van der Waals surface area contributed by atoms with Gasteiger partial charge in [0.2, 0.25) is 0 Å². The minimum absolute atomic E-state index is 0.225. The lowest BCUT2D eigenvalue weighted by atomic mass is 10.1. The van der Waals surface area contributed by atoms with Crippen molar-refractivity contribution in [3.63, 3.8) is 0 Å². The molecule has 0 amide bonds. The summed E-state index contributed by atoms with van der Waals surface area (Å²) < 4.78 is 13.9. The van der Waals surface area contributed by atoms with Crippen molar-refractivity contribution in [1.82, 2.24) is 0 Å². The van der Waals surface area contributed by atoms with Crippen molar-refractivity contribution < 1.29 is 4.39 Å². The number of rotatable bonds is 2. The number of benzene rings is 2. The molecule has 0 saturated carbocycles. The molecule has 0 aliphatic carbocycles. The van der Waals surface area contributed by atoms with Crippen LogP contribution in [0, 0.1) is 24.6 Å². The summed E-state index contributed by atoms with van der Waals surface area (Å²) in [6.07, 6.45) is 1.000. The van der Waals surface area contributed by atoms with Gasteiger partial charge < -0.3 is 0 Å². The Bertz CT molecular complexity index is 737. The van der Waals surface area contributed by atoms with Gasteiger partial charge in [-0.1, -0.05) is 30.9 Å². The quantitative estimate of drug-likeness (QED) is 0.439. The second-order valence-corrected chi connectivity index (χ2v) is 4.81. The van der Waals surface area contributed by atoms with Crippen LogP contribution < -0.4 is 0 Å². The Kier molecular flexibility index (Phi) is 5.00. The van der Waals surface area contributed by atoms with Crippen molar-refractivity contribution in [2.24, 2.45) is 4.99 Å². The molecule has 0 fully saturated rings. The number of nitrogens with zero attached hydrogens (tertiary/aromatic N) is 1. The Morgan fingerprint density at radius 2 is 1.76 bits per heavy atom. The lowest BCUT2D eigenvalue weighted by Gasteiger charge is -2.01. The molecule has 0 heterocycles. The first kappa shape index (κ1) is 15.1. The number of isothiocyanates is 1. The fraction of sp³-hybridized carbons (Fsp3) is 0.167. The minimum Gasteiger partial charge on any atom is -0.205 e. The Labute approximate surface area is 129 Å². The predicted octanol–water partition coefficient (Wildman–Crippen LogP) is 4.83. The molecule has 0 aliphatic heterocycles. The first-order chi connectivity index (χ1) is 10.1. The Balaban J connectivity index is 2.32. The highest BCUT2D eigenvalue weighted by atomic mass is 32.1. The maximum Gasteiger partial charge on any atom is 0.151 e. The second kappa shape index (κ2) is 6.95. The highest BCUT2D eigenvalue weighted by Crippen LogP contribution is 2.23. The van der Waals surface area contributed by atoms with Crippen molar-refractivity contribution in [3.8, 4) is 11.8 Å². The first-order valence-electron chi connectivity index (χ1n) is 6.63. The molecule has 3 heteroatoms. The van der Waals surface area contributed by atoms with E-state index in [-0.39, 0.29) is 5.69 Å². The fourth-order valence-corrected chi connectivity index (χ4v) is 2.06. The van der Waals surface area contributed by atoms with E-state index in [1.165, 1.54) is 11.6 Å². The van der Waals surface area contributed by atoms with Gasteiger partial charge in [-0.25, -0.2) is 4.39 Å². The van der Waals surface area contributed by atoms with E-state index < -0.39 is 5.82 Å². The first-order valence-corrected chi connectivity index (χ1v) is 7.04. The normalized spacial score (nSPS) is 9.48. The summed E-state index contributed by atoms with van der Waals surface area (Å²) in [5, 5.41) is 2.19. The van der Waals surface area contributed by atoms with Gasteiger partial charge in [-0.15, -0.1) is 0 Å². The Morgan fingerprint density at radius 1 is 1.10 bits per heavy atom. The molecular weight excluding hydrogens is 281 g/mol. The average molecular weight is 295 g/mol. The third-order valence-electron chi connectivity index (χ3n) is 3.12. The van der Waals surface area contributed by atoms with E-state index in [2.05, 4.69) is 41.1 Å². The maximum absolute atomic E-state index is 13.9. The highest BCUT2D eigenvalue weighted by molar-refractivity contribution is 7.78. The summed E-state index contributed by atoms with van der Waals surface area (Å²) in [5.74, 6) is 5.57. The molecule has 104 valence electrons. The van der Waals surface area contributed by atoms with E-state index in [0.717, 1.165) is 12.0 Å². The van der Waals surface area contributed by atoms with Crippen LogP contribution in [0.4, 0.5) is 10.1 Å². The van der Waals surface area contributed by atoms with E-state index in [0.29, 0.717) is 11.1 Å². The summed E-state index contributed by atoms with van der Waals surface area (Å²) in [4.78, 5) is 3.73. The summed E-state index contributed by atoms with van der Waals surface area (Å²) in [6, 6.07) is 11.2. The lowest BCUT2D eigenvalue weighted by Crippen LogP contribution is -1.86. The molecule has 0 bridgehead atoms. The van der Waals surface area contributed by atoms with Crippen LogP contribution in [0.2, 0.25) is 0 Å². The van der Waals surface area contributed by atoms with Crippen LogP contribution >= 0.6 is 12.2 Å². The van der Waals surface area contributed by atoms with E-state index in [1.807, 2.05) is 24.3 Å². The molecule has 0 saturated heterocycles. The molecule has 0 atom stereocenters. The smallest absolute Gasteiger partial charge is 0.151 e. The predicted molar refractivity (Wildman–Crippen MR) is 87.6 cm³/mol. The molecule has 21 heavy (non-hydrogen) atoms. The van der Waals surface area contributed by atoms with Gasteiger partial charge in [-0.05, 0) is 61.0 Å². The topological polar surface area (TPSA) is 12.4 Å². The molecular formula is C18H14FNS. The SMILES string of the molecule is CCc1ccc(C#Cc2cc(C)c(N=C=S)c(F)c2)cc1. The number of halogens is 1. The van der Waals surface area contributed by atoms with Crippen LogP contribution in [0.25, 0.3) is 0 Å². The molecule has 0 N–H and O–H groups in total. The van der Waals surface area contributed by atoms with Gasteiger partial charge in [0.1, 0.15) is 5.69 Å². The van der Waals surface area contributed by atoms with Gasteiger partial charge >= 0.3 is 0 Å². The number of hydrogen-bond acceptors (Lipinski definition) is 2. The van der Waals surface area contributed by atoms with Gasteiger partial charge in [0, 0.05) is 11.1 Å². The van der Waals surface area contributed by atoms with E-state index in [9.17, 15) is 4.39 Å². The van der Waals surface area contributed by atoms with Crippen molar-refractivity contribution in [2.75, 3.05) is 0 Å². The van der Waals surface area contributed by atoms with E-state index >= 15 is 0 Å². The lowest BCUT2D eigenvalue weighted by molar-refractivity contribution is 0.628.